The fraction of sp³-hybridized carbons (Fsp3) is 0.389. The van der Waals surface area contributed by atoms with E-state index in [0.717, 1.165) is 66.3 Å². The molecule has 5 rings (SSSR count). The van der Waals surface area contributed by atoms with Gasteiger partial charge < -0.3 is 25.2 Å². The highest BCUT2D eigenvalue weighted by molar-refractivity contribution is 5.92. The molecule has 10 nitrogen and oxygen atoms in total. The normalized spacial score (nSPS) is 17.1. The molecule has 0 spiro atoms. The van der Waals surface area contributed by atoms with Crippen LogP contribution in [0.4, 0.5) is 17.3 Å². The lowest BCUT2D eigenvalue weighted by molar-refractivity contribution is -0.127. The number of ether oxygens (including phenoxy) is 1. The van der Waals surface area contributed by atoms with Gasteiger partial charge in [-0.25, -0.2) is 9.97 Å². The fourth-order valence-electron chi connectivity index (χ4n) is 5.68. The monoisotopic (exact) mass is 623 g/mol. The number of nitrogens with zero attached hydrogens (tertiary/aromatic N) is 5. The minimum atomic E-state index is -0.0233. The van der Waals surface area contributed by atoms with Gasteiger partial charge in [-0.05, 0) is 88.3 Å². The smallest absolute Gasteiger partial charge is 0.246 e. The third-order valence-electron chi connectivity index (χ3n) is 8.04. The summed E-state index contributed by atoms with van der Waals surface area (Å²) in [5.74, 6) is 1.53. The first-order valence-corrected chi connectivity index (χ1v) is 16.0. The lowest BCUT2D eigenvalue weighted by atomic mass is 9.93. The summed E-state index contributed by atoms with van der Waals surface area (Å²) in [4.78, 5) is 41.1. The summed E-state index contributed by atoms with van der Waals surface area (Å²) in [5, 5.41) is 6.50. The molecule has 1 fully saturated rings. The van der Waals surface area contributed by atoms with E-state index in [1.165, 1.54) is 0 Å². The van der Waals surface area contributed by atoms with Gasteiger partial charge in [-0.2, -0.15) is 0 Å². The lowest BCUT2D eigenvalue weighted by Crippen LogP contribution is -2.38. The minimum Gasteiger partial charge on any atom is -0.493 e. The molecular formula is C36H45N7O3. The van der Waals surface area contributed by atoms with Crippen LogP contribution in [0, 0.1) is 5.92 Å². The van der Waals surface area contributed by atoms with E-state index in [2.05, 4.69) is 45.8 Å². The molecule has 3 aromatic rings. The number of likely N-dealkylation sites (N-methyl/N-ethyl adjacent to an activating group) is 2. The molecule has 0 unspecified atom stereocenters. The second-order valence-electron chi connectivity index (χ2n) is 12.3. The van der Waals surface area contributed by atoms with Gasteiger partial charge in [-0.3, -0.25) is 14.5 Å². The molecule has 6 bridgehead atoms. The molecule has 2 aromatic carbocycles. The van der Waals surface area contributed by atoms with Gasteiger partial charge in [0.25, 0.3) is 0 Å². The summed E-state index contributed by atoms with van der Waals surface area (Å²) in [5.41, 5.74) is 4.30. The van der Waals surface area contributed by atoms with E-state index >= 15 is 0 Å². The summed E-state index contributed by atoms with van der Waals surface area (Å²) in [6, 6.07) is 15.8. The summed E-state index contributed by atoms with van der Waals surface area (Å²) < 4.78 is 5.97. The number of fused-ring (bicyclic) bond motifs is 7. The molecule has 2 N–H and O–H groups in total. The van der Waals surface area contributed by atoms with Crippen LogP contribution in [0.1, 0.15) is 31.2 Å². The lowest BCUT2D eigenvalue weighted by Gasteiger charge is -2.31. The van der Waals surface area contributed by atoms with Crippen LogP contribution < -0.4 is 15.4 Å². The molecule has 46 heavy (non-hydrogen) atoms. The Morgan fingerprint density at radius 2 is 1.96 bits per heavy atom. The molecular weight excluding hydrogens is 578 g/mol. The zero-order valence-electron chi connectivity index (χ0n) is 27.1. The van der Waals surface area contributed by atoms with Crippen molar-refractivity contribution in [2.75, 3.05) is 64.6 Å². The van der Waals surface area contributed by atoms with Crippen LogP contribution in [-0.4, -0.2) is 90.4 Å². The number of anilines is 3. The Kier molecular flexibility index (Phi) is 11.5. The predicted molar refractivity (Wildman–Crippen MR) is 183 cm³/mol. The largest absolute Gasteiger partial charge is 0.493 e. The number of aromatic nitrogens is 2. The van der Waals surface area contributed by atoms with Gasteiger partial charge in [0, 0.05) is 68.4 Å². The van der Waals surface area contributed by atoms with Crippen LogP contribution in [0.5, 0.6) is 5.75 Å². The quantitative estimate of drug-likeness (QED) is 0.280. The van der Waals surface area contributed by atoms with Crippen molar-refractivity contribution < 1.29 is 14.3 Å². The zero-order chi connectivity index (χ0) is 32.3. The Morgan fingerprint density at radius 1 is 1.11 bits per heavy atom. The first kappa shape index (κ1) is 32.8. The van der Waals surface area contributed by atoms with E-state index in [0.29, 0.717) is 38.6 Å². The van der Waals surface area contributed by atoms with Crippen molar-refractivity contribution in [2.45, 2.75) is 32.2 Å². The number of hydrogen-bond donors (Lipinski definition) is 2. The van der Waals surface area contributed by atoms with Crippen LogP contribution in [0.25, 0.3) is 11.3 Å². The SMILES string of the molecule is CN(C)C/C=C/C(=O)N1CCC(CC(=O)Nc2cc3cc(c2)Nc2nccc(n2)-c2cccc(c2)OCC/C=C/CN(C)C3)CC1. The topological polar surface area (TPSA) is 103 Å². The molecule has 0 aliphatic carbocycles. The Bertz CT molecular complexity index is 1550. The maximum absolute atomic E-state index is 13.2. The number of likely N-dealkylation sites (tertiary alicyclic amines) is 1. The van der Waals surface area contributed by atoms with Crippen molar-refractivity contribution in [3.63, 3.8) is 0 Å². The van der Waals surface area contributed by atoms with Gasteiger partial charge in [0.15, 0.2) is 0 Å². The number of nitrogens with one attached hydrogen (secondary N) is 2. The Morgan fingerprint density at radius 3 is 2.78 bits per heavy atom. The van der Waals surface area contributed by atoms with Crippen LogP contribution in [0.2, 0.25) is 0 Å². The second-order valence-corrected chi connectivity index (χ2v) is 12.3. The van der Waals surface area contributed by atoms with Crippen molar-refractivity contribution in [3.05, 3.63) is 84.6 Å². The third-order valence-corrected chi connectivity index (χ3v) is 8.04. The second kappa shape index (κ2) is 16.1. The third kappa shape index (κ3) is 9.98. The molecule has 0 radical (unpaired) electrons. The Hall–Kier alpha value is -4.54. The van der Waals surface area contributed by atoms with Crippen LogP contribution in [0.15, 0.2) is 79.0 Å². The fourth-order valence-corrected chi connectivity index (χ4v) is 5.68. The van der Waals surface area contributed by atoms with Gasteiger partial charge >= 0.3 is 0 Å². The van der Waals surface area contributed by atoms with Crippen molar-refractivity contribution in [2.24, 2.45) is 5.92 Å². The number of hydrogen-bond acceptors (Lipinski definition) is 8. The molecule has 1 aromatic heterocycles. The first-order chi connectivity index (χ1) is 22.3. The van der Waals surface area contributed by atoms with E-state index in [1.807, 2.05) is 72.4 Å². The minimum absolute atomic E-state index is 0.0233. The molecule has 2 aliphatic rings. The molecule has 1 saturated heterocycles. The summed E-state index contributed by atoms with van der Waals surface area (Å²) in [7, 11) is 6.02. The van der Waals surface area contributed by atoms with Crippen molar-refractivity contribution in [3.8, 4) is 17.0 Å². The maximum Gasteiger partial charge on any atom is 0.246 e. The highest BCUT2D eigenvalue weighted by Gasteiger charge is 2.23. The Balaban J connectivity index is 1.28. The number of carbonyl (C=O) groups is 2. The van der Waals surface area contributed by atoms with Crippen molar-refractivity contribution >= 4 is 29.1 Å². The van der Waals surface area contributed by atoms with E-state index in [1.54, 1.807) is 12.3 Å². The number of amides is 2. The molecule has 0 atom stereocenters. The van der Waals surface area contributed by atoms with Gasteiger partial charge in [0.05, 0.1) is 12.3 Å². The van der Waals surface area contributed by atoms with E-state index < -0.39 is 0 Å². The predicted octanol–water partition coefficient (Wildman–Crippen LogP) is 5.34. The standard InChI is InChI=1S/C36H45N7O3/c1-41(2)16-8-11-35(45)43-18-13-27(14-19-43)23-34(44)38-30-21-28-22-31(25-30)39-36-37-15-12-33(40-36)29-9-7-10-32(24-29)46-20-6-4-5-17-42(3)26-28/h4-5,7-12,15,21-22,24-25,27H,6,13-14,16-20,23,26H2,1-3H3,(H,38,44)(H,37,39,40)/b5-4+,11-8+. The number of benzene rings is 2. The molecule has 2 amide bonds. The first-order valence-electron chi connectivity index (χ1n) is 16.0. The van der Waals surface area contributed by atoms with Crippen LogP contribution in [-0.2, 0) is 16.1 Å². The van der Waals surface area contributed by atoms with E-state index in [-0.39, 0.29) is 17.7 Å². The van der Waals surface area contributed by atoms with Crippen molar-refractivity contribution in [1.82, 2.24) is 24.7 Å². The highest BCUT2D eigenvalue weighted by Crippen LogP contribution is 2.27. The number of piperidine rings is 1. The molecule has 2 aliphatic heterocycles. The van der Waals surface area contributed by atoms with Crippen molar-refractivity contribution in [1.29, 1.82) is 0 Å². The highest BCUT2D eigenvalue weighted by atomic mass is 16.5. The van der Waals surface area contributed by atoms with E-state index in [9.17, 15) is 9.59 Å². The Labute approximate surface area is 272 Å². The number of carbonyl (C=O) groups excluding carboxylic acids is 2. The van der Waals surface area contributed by atoms with Gasteiger partial charge in [0.2, 0.25) is 17.8 Å². The van der Waals surface area contributed by atoms with Gasteiger partial charge in [-0.15, -0.1) is 0 Å². The molecule has 242 valence electrons. The zero-order valence-corrected chi connectivity index (χ0v) is 27.1. The summed E-state index contributed by atoms with van der Waals surface area (Å²) in [6.07, 6.45) is 12.5. The molecule has 10 heteroatoms. The van der Waals surface area contributed by atoms with Crippen LogP contribution in [0.3, 0.4) is 0 Å². The van der Waals surface area contributed by atoms with E-state index in [4.69, 9.17) is 9.72 Å². The summed E-state index contributed by atoms with van der Waals surface area (Å²) >= 11 is 0. The van der Waals surface area contributed by atoms with Gasteiger partial charge in [-0.1, -0.05) is 30.4 Å². The average molecular weight is 624 g/mol. The maximum atomic E-state index is 13.2. The summed E-state index contributed by atoms with van der Waals surface area (Å²) in [6.45, 7) is 4.15. The number of rotatable bonds is 6. The van der Waals surface area contributed by atoms with Gasteiger partial charge in [0.1, 0.15) is 5.75 Å². The molecule has 3 heterocycles. The van der Waals surface area contributed by atoms with Crippen LogP contribution >= 0.6 is 0 Å². The average Bonchev–Trinajstić information content (AvgIpc) is 3.02. The molecule has 0 saturated carbocycles.